The minimum atomic E-state index is -0.0148. The Balaban J connectivity index is 1.86. The Morgan fingerprint density at radius 3 is 2.56 bits per heavy atom. The number of rotatable bonds is 5. The van der Waals surface area contributed by atoms with Crippen molar-refractivity contribution in [3.8, 4) is 0 Å². The molecule has 104 valence electrons. The topological polar surface area (TPSA) is 44.4 Å². The van der Waals surface area contributed by atoms with Crippen LogP contribution in [-0.2, 0) is 4.79 Å². The molecule has 0 spiro atoms. The fourth-order valence-corrected chi connectivity index (χ4v) is 3.26. The molecule has 3 unspecified atom stereocenters. The number of amides is 1. The van der Waals surface area contributed by atoms with Crippen molar-refractivity contribution in [2.45, 2.75) is 70.1 Å². The molecule has 2 rings (SSSR count). The van der Waals surface area contributed by atoms with Gasteiger partial charge in [-0.1, -0.05) is 6.92 Å². The van der Waals surface area contributed by atoms with Crippen molar-refractivity contribution in [1.82, 2.24) is 15.5 Å². The molecule has 2 N–H and O–H groups in total. The summed E-state index contributed by atoms with van der Waals surface area (Å²) in [6.45, 7) is 4.89. The highest BCUT2D eigenvalue weighted by Gasteiger charge is 2.37. The number of carbonyl (C=O) groups excluding carboxylic acids is 1. The number of hydrogen-bond donors (Lipinski definition) is 2. The number of likely N-dealkylation sites (N-methyl/N-ethyl adjacent to an activating group) is 1. The van der Waals surface area contributed by atoms with Crippen molar-refractivity contribution >= 4 is 5.91 Å². The SMILES string of the molecule is CCCNC(=O)C(C)N(C)C1CC2CCC(C1)N2. The number of carbonyl (C=O) groups is 1. The fraction of sp³-hybridized carbons (Fsp3) is 0.929. The van der Waals surface area contributed by atoms with Crippen LogP contribution in [0, 0.1) is 0 Å². The molecule has 0 radical (unpaired) electrons. The summed E-state index contributed by atoms with van der Waals surface area (Å²) in [5, 5.41) is 6.64. The van der Waals surface area contributed by atoms with E-state index in [1.54, 1.807) is 0 Å². The highest BCUT2D eigenvalue weighted by Crippen LogP contribution is 2.29. The van der Waals surface area contributed by atoms with Crippen LogP contribution < -0.4 is 10.6 Å². The normalized spacial score (nSPS) is 32.6. The van der Waals surface area contributed by atoms with Gasteiger partial charge in [-0.05, 0) is 46.1 Å². The van der Waals surface area contributed by atoms with Gasteiger partial charge in [0.2, 0.25) is 5.91 Å². The molecular weight excluding hydrogens is 226 g/mol. The monoisotopic (exact) mass is 253 g/mol. The molecule has 4 nitrogen and oxygen atoms in total. The van der Waals surface area contributed by atoms with E-state index in [-0.39, 0.29) is 11.9 Å². The van der Waals surface area contributed by atoms with Gasteiger partial charge in [-0.25, -0.2) is 0 Å². The first-order chi connectivity index (χ1) is 8.61. The maximum atomic E-state index is 12.0. The second-order valence-corrected chi connectivity index (χ2v) is 5.90. The smallest absolute Gasteiger partial charge is 0.237 e. The Bertz CT molecular complexity index is 283. The molecule has 2 aliphatic rings. The van der Waals surface area contributed by atoms with Crippen LogP contribution in [0.25, 0.3) is 0 Å². The zero-order valence-electron chi connectivity index (χ0n) is 11.9. The third-order valence-electron chi connectivity index (χ3n) is 4.56. The number of hydrogen-bond acceptors (Lipinski definition) is 3. The van der Waals surface area contributed by atoms with Gasteiger partial charge in [-0.3, -0.25) is 9.69 Å². The van der Waals surface area contributed by atoms with Gasteiger partial charge in [0, 0.05) is 24.7 Å². The van der Waals surface area contributed by atoms with E-state index in [1.165, 1.54) is 25.7 Å². The first-order valence-corrected chi connectivity index (χ1v) is 7.37. The van der Waals surface area contributed by atoms with E-state index in [2.05, 4.69) is 29.5 Å². The van der Waals surface area contributed by atoms with Crippen LogP contribution in [0.2, 0.25) is 0 Å². The first-order valence-electron chi connectivity index (χ1n) is 7.37. The van der Waals surface area contributed by atoms with Crippen LogP contribution >= 0.6 is 0 Å². The second-order valence-electron chi connectivity index (χ2n) is 5.90. The lowest BCUT2D eigenvalue weighted by atomic mass is 9.97. The molecule has 2 saturated heterocycles. The number of nitrogens with one attached hydrogen (secondary N) is 2. The van der Waals surface area contributed by atoms with Crippen molar-refractivity contribution in [2.75, 3.05) is 13.6 Å². The summed E-state index contributed by atoms with van der Waals surface area (Å²) in [5.41, 5.74) is 0. The van der Waals surface area contributed by atoms with Gasteiger partial charge in [-0.15, -0.1) is 0 Å². The predicted octanol–water partition coefficient (Wildman–Crippen LogP) is 1.12. The molecule has 2 heterocycles. The van der Waals surface area contributed by atoms with Crippen molar-refractivity contribution in [3.63, 3.8) is 0 Å². The lowest BCUT2D eigenvalue weighted by molar-refractivity contribution is -0.126. The van der Waals surface area contributed by atoms with Gasteiger partial charge in [0.15, 0.2) is 0 Å². The molecule has 18 heavy (non-hydrogen) atoms. The maximum absolute atomic E-state index is 12.0. The molecule has 0 aromatic rings. The lowest BCUT2D eigenvalue weighted by Crippen LogP contribution is -2.53. The Morgan fingerprint density at radius 2 is 2.00 bits per heavy atom. The standard InChI is InChI=1S/C14H27N3O/c1-4-7-15-14(18)10(2)17(3)13-8-11-5-6-12(9-13)16-11/h10-13,16H,4-9H2,1-3H3,(H,15,18). The van der Waals surface area contributed by atoms with Crippen LogP contribution in [0.5, 0.6) is 0 Å². The molecular formula is C14H27N3O. The molecule has 0 aromatic heterocycles. The highest BCUT2D eigenvalue weighted by molar-refractivity contribution is 5.81. The Labute approximate surface area is 110 Å². The van der Waals surface area contributed by atoms with Crippen LogP contribution in [0.1, 0.15) is 46.0 Å². The van der Waals surface area contributed by atoms with E-state index in [1.807, 2.05) is 6.92 Å². The highest BCUT2D eigenvalue weighted by atomic mass is 16.2. The Hall–Kier alpha value is -0.610. The molecule has 4 heteroatoms. The van der Waals surface area contributed by atoms with Gasteiger partial charge < -0.3 is 10.6 Å². The van der Waals surface area contributed by atoms with Crippen molar-refractivity contribution in [2.24, 2.45) is 0 Å². The summed E-state index contributed by atoms with van der Waals surface area (Å²) >= 11 is 0. The number of nitrogens with zero attached hydrogens (tertiary/aromatic N) is 1. The van der Waals surface area contributed by atoms with Crippen LogP contribution in [0.4, 0.5) is 0 Å². The predicted molar refractivity (Wildman–Crippen MR) is 73.5 cm³/mol. The van der Waals surface area contributed by atoms with E-state index in [9.17, 15) is 4.79 Å². The summed E-state index contributed by atoms with van der Waals surface area (Å²) in [4.78, 5) is 14.3. The van der Waals surface area contributed by atoms with Gasteiger partial charge in [-0.2, -0.15) is 0 Å². The van der Waals surface area contributed by atoms with E-state index >= 15 is 0 Å². The summed E-state index contributed by atoms with van der Waals surface area (Å²) in [6.07, 6.45) is 6.01. The van der Waals surface area contributed by atoms with E-state index in [0.717, 1.165) is 13.0 Å². The molecule has 3 atom stereocenters. The molecule has 1 amide bonds. The lowest BCUT2D eigenvalue weighted by Gasteiger charge is -2.38. The average Bonchev–Trinajstić information content (AvgIpc) is 2.72. The molecule has 0 saturated carbocycles. The Morgan fingerprint density at radius 1 is 1.39 bits per heavy atom. The molecule has 2 fully saturated rings. The summed E-state index contributed by atoms with van der Waals surface area (Å²) in [6, 6.07) is 1.91. The van der Waals surface area contributed by atoms with Crippen LogP contribution in [0.3, 0.4) is 0 Å². The molecule has 0 aliphatic carbocycles. The fourth-order valence-electron chi connectivity index (χ4n) is 3.26. The van der Waals surface area contributed by atoms with Crippen molar-refractivity contribution in [3.05, 3.63) is 0 Å². The van der Waals surface area contributed by atoms with Gasteiger partial charge in [0.05, 0.1) is 6.04 Å². The zero-order chi connectivity index (χ0) is 13.1. The van der Waals surface area contributed by atoms with Gasteiger partial charge in [0.1, 0.15) is 0 Å². The summed E-state index contributed by atoms with van der Waals surface area (Å²) < 4.78 is 0. The average molecular weight is 253 g/mol. The molecule has 2 aliphatic heterocycles. The second kappa shape index (κ2) is 6.02. The minimum absolute atomic E-state index is 0.0148. The van der Waals surface area contributed by atoms with E-state index < -0.39 is 0 Å². The van der Waals surface area contributed by atoms with Gasteiger partial charge in [0.25, 0.3) is 0 Å². The third-order valence-corrected chi connectivity index (χ3v) is 4.56. The van der Waals surface area contributed by atoms with Gasteiger partial charge >= 0.3 is 0 Å². The molecule has 0 aromatic carbocycles. The number of fused-ring (bicyclic) bond motifs is 2. The largest absolute Gasteiger partial charge is 0.355 e. The van der Waals surface area contributed by atoms with Crippen molar-refractivity contribution < 1.29 is 4.79 Å². The summed E-state index contributed by atoms with van der Waals surface area (Å²) in [5.74, 6) is 0.172. The molecule has 2 bridgehead atoms. The van der Waals surface area contributed by atoms with Crippen LogP contribution in [0.15, 0.2) is 0 Å². The van der Waals surface area contributed by atoms with E-state index in [4.69, 9.17) is 0 Å². The van der Waals surface area contributed by atoms with Crippen LogP contribution in [-0.4, -0.2) is 48.6 Å². The maximum Gasteiger partial charge on any atom is 0.237 e. The zero-order valence-corrected chi connectivity index (χ0v) is 11.9. The minimum Gasteiger partial charge on any atom is -0.355 e. The third kappa shape index (κ3) is 3.04. The van der Waals surface area contributed by atoms with E-state index in [0.29, 0.717) is 18.1 Å². The first kappa shape index (κ1) is 13.8. The number of piperidine rings is 1. The summed E-state index contributed by atoms with van der Waals surface area (Å²) in [7, 11) is 2.10. The van der Waals surface area contributed by atoms with Crippen molar-refractivity contribution in [1.29, 1.82) is 0 Å². The quantitative estimate of drug-likeness (QED) is 0.771. The Kier molecular flexibility index (Phi) is 4.62.